The van der Waals surface area contributed by atoms with Crippen LogP contribution in [0, 0.1) is 24.1 Å². The normalized spacial score (nSPS) is 19.1. The van der Waals surface area contributed by atoms with Gasteiger partial charge in [0.05, 0.1) is 37.1 Å². The molecule has 1 aliphatic heterocycles. The van der Waals surface area contributed by atoms with Gasteiger partial charge in [-0.05, 0) is 37.5 Å². The number of imidazole rings is 1. The van der Waals surface area contributed by atoms with E-state index in [2.05, 4.69) is 14.7 Å². The molecular formula is C21H20F4N6O3S. The summed E-state index contributed by atoms with van der Waals surface area (Å²) in [5, 5.41) is 8.76. The van der Waals surface area contributed by atoms with Crippen LogP contribution in [-0.4, -0.2) is 41.5 Å². The number of halogens is 4. The third-order valence-electron chi connectivity index (χ3n) is 5.66. The topological polar surface area (TPSA) is 135 Å². The lowest BCUT2D eigenvalue weighted by molar-refractivity contribution is -0.141. The van der Waals surface area contributed by atoms with Gasteiger partial charge in [-0.1, -0.05) is 0 Å². The van der Waals surface area contributed by atoms with Crippen molar-refractivity contribution in [1.82, 2.24) is 19.1 Å². The summed E-state index contributed by atoms with van der Waals surface area (Å²) in [5.41, 5.74) is 4.82. The van der Waals surface area contributed by atoms with Crippen molar-refractivity contribution in [1.29, 1.82) is 5.26 Å². The number of rotatable bonds is 5. The first-order valence-electron chi connectivity index (χ1n) is 10.4. The highest BCUT2D eigenvalue weighted by molar-refractivity contribution is 7.89. The lowest BCUT2D eigenvalue weighted by Gasteiger charge is -2.28. The molecule has 35 heavy (non-hydrogen) atoms. The summed E-state index contributed by atoms with van der Waals surface area (Å²) >= 11 is 0. The standard InChI is InChI=1S/C21H20F4N6O3S/c1-11-6-15(22)17(35(32,33)30-12-2-3-13(4-5-26)34-10-12)7-14(11)16-8-28-20-19(27)29-18(9-31(16)20)21(23,24)25/h6-9,12-13,30H,2-4,10H2,1H3,(H2,27,29)/t12-,13+/m0/s1. The first-order chi connectivity index (χ1) is 16.4. The molecule has 1 fully saturated rings. The molecule has 186 valence electrons. The van der Waals surface area contributed by atoms with Crippen LogP contribution in [0.4, 0.5) is 23.4 Å². The average molecular weight is 512 g/mol. The van der Waals surface area contributed by atoms with Gasteiger partial charge in [0.2, 0.25) is 10.0 Å². The van der Waals surface area contributed by atoms with E-state index in [9.17, 15) is 26.0 Å². The molecule has 0 saturated carbocycles. The van der Waals surface area contributed by atoms with Crippen LogP contribution in [-0.2, 0) is 20.9 Å². The highest BCUT2D eigenvalue weighted by atomic mass is 32.2. The number of fused-ring (bicyclic) bond motifs is 1. The predicted molar refractivity (Wildman–Crippen MR) is 116 cm³/mol. The number of hydrogen-bond acceptors (Lipinski definition) is 7. The van der Waals surface area contributed by atoms with Gasteiger partial charge in [-0.3, -0.25) is 4.40 Å². The minimum atomic E-state index is -4.78. The molecule has 0 amide bonds. The Morgan fingerprint density at radius 2 is 2.09 bits per heavy atom. The van der Waals surface area contributed by atoms with E-state index in [-0.39, 0.29) is 41.6 Å². The Morgan fingerprint density at radius 3 is 2.71 bits per heavy atom. The summed E-state index contributed by atoms with van der Waals surface area (Å²) in [4.78, 5) is 6.65. The predicted octanol–water partition coefficient (Wildman–Crippen LogP) is 3.18. The van der Waals surface area contributed by atoms with Gasteiger partial charge in [0.25, 0.3) is 0 Å². The molecule has 9 nitrogen and oxygen atoms in total. The number of anilines is 1. The lowest BCUT2D eigenvalue weighted by atomic mass is 10.0. The third kappa shape index (κ3) is 4.93. The molecule has 4 rings (SSSR count). The number of nitriles is 1. The summed E-state index contributed by atoms with van der Waals surface area (Å²) in [6.45, 7) is 1.51. The molecule has 3 heterocycles. The zero-order valence-corrected chi connectivity index (χ0v) is 19.1. The molecule has 0 bridgehead atoms. The summed E-state index contributed by atoms with van der Waals surface area (Å²) in [5.74, 6) is -1.49. The Morgan fingerprint density at radius 1 is 1.34 bits per heavy atom. The van der Waals surface area contributed by atoms with Crippen molar-refractivity contribution in [2.24, 2.45) is 0 Å². The maximum Gasteiger partial charge on any atom is 0.434 e. The quantitative estimate of drug-likeness (QED) is 0.501. The number of nitrogens with one attached hydrogen (secondary N) is 1. The van der Waals surface area contributed by atoms with Crippen LogP contribution < -0.4 is 10.5 Å². The monoisotopic (exact) mass is 512 g/mol. The van der Waals surface area contributed by atoms with Crippen LogP contribution in [0.1, 0.15) is 30.5 Å². The molecule has 0 aliphatic carbocycles. The van der Waals surface area contributed by atoms with E-state index in [1.54, 1.807) is 0 Å². The van der Waals surface area contributed by atoms with E-state index in [0.717, 1.165) is 16.5 Å². The number of nitrogens with two attached hydrogens (primary N) is 1. The van der Waals surface area contributed by atoms with Crippen molar-refractivity contribution in [2.75, 3.05) is 12.3 Å². The fourth-order valence-corrected chi connectivity index (χ4v) is 5.27. The highest BCUT2D eigenvalue weighted by Gasteiger charge is 2.34. The highest BCUT2D eigenvalue weighted by Crippen LogP contribution is 2.33. The molecule has 0 radical (unpaired) electrons. The van der Waals surface area contributed by atoms with Crippen LogP contribution >= 0.6 is 0 Å². The van der Waals surface area contributed by atoms with E-state index in [4.69, 9.17) is 15.7 Å². The van der Waals surface area contributed by atoms with Crippen molar-refractivity contribution in [2.45, 2.75) is 49.4 Å². The Kier molecular flexibility index (Phi) is 6.43. The summed E-state index contributed by atoms with van der Waals surface area (Å²) in [6, 6.07) is 3.39. The van der Waals surface area contributed by atoms with Gasteiger partial charge in [-0.25, -0.2) is 27.5 Å². The van der Waals surface area contributed by atoms with Crippen molar-refractivity contribution < 1.29 is 30.7 Å². The van der Waals surface area contributed by atoms with Gasteiger partial charge in [0.15, 0.2) is 17.2 Å². The van der Waals surface area contributed by atoms with E-state index >= 15 is 0 Å². The van der Waals surface area contributed by atoms with Crippen molar-refractivity contribution in [3.63, 3.8) is 0 Å². The van der Waals surface area contributed by atoms with E-state index in [0.29, 0.717) is 19.0 Å². The minimum absolute atomic E-state index is 0.0195. The Balaban J connectivity index is 1.72. The van der Waals surface area contributed by atoms with Crippen LogP contribution in [0.25, 0.3) is 16.9 Å². The number of hydrogen-bond donors (Lipinski definition) is 2. The number of aryl methyl sites for hydroxylation is 1. The van der Waals surface area contributed by atoms with Crippen LogP contribution in [0.15, 0.2) is 29.4 Å². The summed E-state index contributed by atoms with van der Waals surface area (Å²) in [6.07, 6.45) is -2.13. The second-order valence-electron chi connectivity index (χ2n) is 8.16. The van der Waals surface area contributed by atoms with E-state index in [1.807, 2.05) is 6.07 Å². The Bertz CT molecular complexity index is 1420. The van der Waals surface area contributed by atoms with Crippen molar-refractivity contribution in [3.05, 3.63) is 41.6 Å². The van der Waals surface area contributed by atoms with Crippen LogP contribution in [0.2, 0.25) is 0 Å². The number of ether oxygens (including phenoxy) is 1. The molecule has 2 aromatic heterocycles. The van der Waals surface area contributed by atoms with Gasteiger partial charge < -0.3 is 10.5 Å². The summed E-state index contributed by atoms with van der Waals surface area (Å²) in [7, 11) is -4.36. The smallest absolute Gasteiger partial charge is 0.381 e. The number of sulfonamides is 1. The molecule has 14 heteroatoms. The second kappa shape index (κ2) is 9.06. The van der Waals surface area contributed by atoms with E-state index < -0.39 is 44.5 Å². The minimum Gasteiger partial charge on any atom is -0.381 e. The zero-order chi connectivity index (χ0) is 25.5. The molecule has 3 N–H and O–H groups in total. The number of nitrogen functional groups attached to an aromatic ring is 1. The van der Waals surface area contributed by atoms with Crippen LogP contribution in [0.5, 0.6) is 0 Å². The van der Waals surface area contributed by atoms with Crippen molar-refractivity contribution in [3.8, 4) is 17.3 Å². The maximum absolute atomic E-state index is 14.8. The van der Waals surface area contributed by atoms with Gasteiger partial charge >= 0.3 is 6.18 Å². The number of nitrogens with zero attached hydrogens (tertiary/aromatic N) is 4. The first kappa shape index (κ1) is 24.8. The van der Waals surface area contributed by atoms with Gasteiger partial charge in [-0.15, -0.1) is 0 Å². The average Bonchev–Trinajstić information content (AvgIpc) is 3.19. The van der Waals surface area contributed by atoms with Crippen LogP contribution in [0.3, 0.4) is 0 Å². The number of benzene rings is 1. The Labute approximate surface area is 197 Å². The SMILES string of the molecule is Cc1cc(F)c(S(=O)(=O)N[C@H]2CC[C@H](CC#N)OC2)cc1-c1cnc2c(N)nc(C(F)(F)F)cn12. The van der Waals surface area contributed by atoms with Gasteiger partial charge in [0, 0.05) is 17.8 Å². The largest absolute Gasteiger partial charge is 0.434 e. The third-order valence-corrected chi connectivity index (χ3v) is 7.20. The van der Waals surface area contributed by atoms with Crippen molar-refractivity contribution >= 4 is 21.5 Å². The second-order valence-corrected chi connectivity index (χ2v) is 9.84. The molecule has 0 unspecified atom stereocenters. The molecule has 1 aliphatic rings. The molecule has 0 spiro atoms. The van der Waals surface area contributed by atoms with Gasteiger partial charge in [-0.2, -0.15) is 18.4 Å². The molecule has 1 saturated heterocycles. The first-order valence-corrected chi connectivity index (χ1v) is 11.9. The molecule has 3 aromatic rings. The summed E-state index contributed by atoms with van der Waals surface area (Å²) < 4.78 is 89.5. The zero-order valence-electron chi connectivity index (χ0n) is 18.3. The molecule has 1 aromatic carbocycles. The number of alkyl halides is 3. The molecular weight excluding hydrogens is 492 g/mol. The van der Waals surface area contributed by atoms with Gasteiger partial charge in [0.1, 0.15) is 10.7 Å². The fourth-order valence-electron chi connectivity index (χ4n) is 3.93. The fraction of sp³-hybridized carbons (Fsp3) is 0.381. The van der Waals surface area contributed by atoms with E-state index in [1.165, 1.54) is 13.1 Å². The number of aromatic nitrogens is 3. The molecule has 2 atom stereocenters. The maximum atomic E-state index is 14.8. The lowest BCUT2D eigenvalue weighted by Crippen LogP contribution is -2.43. The Hall–Kier alpha value is -3.28.